The van der Waals surface area contributed by atoms with Gasteiger partial charge in [-0.15, -0.1) is 0 Å². The average Bonchev–Trinajstić information content (AvgIpc) is 2.95. The molecule has 0 spiro atoms. The smallest absolute Gasteiger partial charge is 0.323 e. The number of methoxy groups -OCH3 is 1. The molecule has 1 aliphatic rings. The first kappa shape index (κ1) is 14.9. The number of carbonyl (C=O) groups is 1. The number of β-amino-alcohol motifs (C(OH)–C–C–N with tert-alkyl or cyclic N) is 1. The van der Waals surface area contributed by atoms with Crippen molar-refractivity contribution in [2.45, 2.75) is 51.3 Å². The Morgan fingerprint density at radius 3 is 2.80 bits per heavy atom. The SMILES string of the molecule is COC(=O)C1CC(O)CN1Cc1nc(C(C)(C)C)no1. The number of hydrogen-bond donors (Lipinski definition) is 1. The molecular weight excluding hydrogens is 262 g/mol. The van der Waals surface area contributed by atoms with Crippen LogP contribution in [0, 0.1) is 0 Å². The van der Waals surface area contributed by atoms with Crippen molar-refractivity contribution in [2.75, 3.05) is 13.7 Å². The zero-order chi connectivity index (χ0) is 14.9. The van der Waals surface area contributed by atoms with Gasteiger partial charge in [0.25, 0.3) is 0 Å². The summed E-state index contributed by atoms with van der Waals surface area (Å²) < 4.78 is 9.97. The van der Waals surface area contributed by atoms with E-state index in [2.05, 4.69) is 10.1 Å². The van der Waals surface area contributed by atoms with E-state index in [4.69, 9.17) is 9.26 Å². The Bertz CT molecular complexity index is 480. The monoisotopic (exact) mass is 283 g/mol. The van der Waals surface area contributed by atoms with E-state index in [1.807, 2.05) is 20.8 Å². The predicted octanol–water partition coefficient (Wildman–Crippen LogP) is 0.475. The predicted molar refractivity (Wildman–Crippen MR) is 69.8 cm³/mol. The highest BCUT2D eigenvalue weighted by Gasteiger charge is 2.37. The second kappa shape index (κ2) is 5.49. The summed E-state index contributed by atoms with van der Waals surface area (Å²) in [5, 5.41) is 13.7. The summed E-state index contributed by atoms with van der Waals surface area (Å²) in [5.74, 6) is 0.719. The van der Waals surface area contributed by atoms with Gasteiger partial charge in [0.15, 0.2) is 5.82 Å². The van der Waals surface area contributed by atoms with Crippen molar-refractivity contribution in [3.05, 3.63) is 11.7 Å². The lowest BCUT2D eigenvalue weighted by Gasteiger charge is -2.19. The minimum absolute atomic E-state index is 0.186. The van der Waals surface area contributed by atoms with E-state index in [1.54, 1.807) is 4.90 Å². The Kier molecular flexibility index (Phi) is 4.10. The fourth-order valence-electron chi connectivity index (χ4n) is 2.23. The molecule has 20 heavy (non-hydrogen) atoms. The minimum atomic E-state index is -0.538. The molecule has 0 aliphatic carbocycles. The molecule has 1 aliphatic heterocycles. The molecule has 0 bridgehead atoms. The second-order valence-corrected chi connectivity index (χ2v) is 6.12. The number of aliphatic hydroxyl groups is 1. The molecular formula is C13H21N3O4. The second-order valence-electron chi connectivity index (χ2n) is 6.12. The van der Waals surface area contributed by atoms with Gasteiger partial charge in [-0.3, -0.25) is 9.69 Å². The van der Waals surface area contributed by atoms with E-state index in [-0.39, 0.29) is 11.4 Å². The highest BCUT2D eigenvalue weighted by atomic mass is 16.5. The number of aromatic nitrogens is 2. The summed E-state index contributed by atoms with van der Waals surface area (Å²) >= 11 is 0. The number of carbonyl (C=O) groups excluding carboxylic acids is 1. The molecule has 1 saturated heterocycles. The standard InChI is InChI=1S/C13H21N3O4/c1-13(2,3)12-14-10(20-15-12)7-16-6-8(17)5-9(16)11(18)19-4/h8-9,17H,5-7H2,1-4H3. The van der Waals surface area contributed by atoms with Crippen LogP contribution in [0.15, 0.2) is 4.52 Å². The largest absolute Gasteiger partial charge is 0.468 e. The van der Waals surface area contributed by atoms with Crippen molar-refractivity contribution in [3.63, 3.8) is 0 Å². The van der Waals surface area contributed by atoms with Gasteiger partial charge in [-0.2, -0.15) is 4.98 Å². The van der Waals surface area contributed by atoms with E-state index in [0.29, 0.717) is 31.2 Å². The van der Waals surface area contributed by atoms with Crippen molar-refractivity contribution < 1.29 is 19.2 Å². The maximum atomic E-state index is 11.7. The van der Waals surface area contributed by atoms with Crippen LogP contribution < -0.4 is 0 Å². The molecule has 7 heteroatoms. The fraction of sp³-hybridized carbons (Fsp3) is 0.769. The Morgan fingerprint density at radius 1 is 1.55 bits per heavy atom. The number of nitrogens with zero attached hydrogens (tertiary/aromatic N) is 3. The summed E-state index contributed by atoms with van der Waals surface area (Å²) in [6.45, 7) is 6.72. The molecule has 2 atom stereocenters. The van der Waals surface area contributed by atoms with Crippen LogP contribution >= 0.6 is 0 Å². The first-order valence-corrected chi connectivity index (χ1v) is 6.64. The summed E-state index contributed by atoms with van der Waals surface area (Å²) in [4.78, 5) is 17.8. The fourth-order valence-corrected chi connectivity index (χ4v) is 2.23. The minimum Gasteiger partial charge on any atom is -0.468 e. The molecule has 1 fully saturated rings. The first-order valence-electron chi connectivity index (χ1n) is 6.64. The van der Waals surface area contributed by atoms with E-state index < -0.39 is 12.1 Å². The number of esters is 1. The number of rotatable bonds is 3. The first-order chi connectivity index (χ1) is 9.31. The third-order valence-electron chi connectivity index (χ3n) is 3.33. The van der Waals surface area contributed by atoms with Crippen LogP contribution in [-0.4, -0.2) is 51.9 Å². The normalized spacial score (nSPS) is 24.1. The van der Waals surface area contributed by atoms with Crippen LogP contribution in [0.2, 0.25) is 0 Å². The average molecular weight is 283 g/mol. The molecule has 1 N–H and O–H groups in total. The van der Waals surface area contributed by atoms with Crippen molar-refractivity contribution in [3.8, 4) is 0 Å². The maximum Gasteiger partial charge on any atom is 0.323 e. The summed E-state index contributed by atoms with van der Waals surface area (Å²) in [7, 11) is 1.34. The van der Waals surface area contributed by atoms with Gasteiger partial charge >= 0.3 is 5.97 Å². The van der Waals surface area contributed by atoms with Crippen LogP contribution in [0.25, 0.3) is 0 Å². The highest BCUT2D eigenvalue weighted by Crippen LogP contribution is 2.23. The molecule has 1 aromatic heterocycles. The number of hydrogen-bond acceptors (Lipinski definition) is 7. The zero-order valence-corrected chi connectivity index (χ0v) is 12.3. The van der Waals surface area contributed by atoms with Crippen molar-refractivity contribution >= 4 is 5.97 Å². The molecule has 0 radical (unpaired) electrons. The topological polar surface area (TPSA) is 88.7 Å². The lowest BCUT2D eigenvalue weighted by molar-refractivity contribution is -0.146. The number of likely N-dealkylation sites (tertiary alicyclic amines) is 1. The Balaban J connectivity index is 2.08. The molecule has 0 saturated carbocycles. The molecule has 7 nitrogen and oxygen atoms in total. The summed E-state index contributed by atoms with van der Waals surface area (Å²) in [6, 6.07) is -0.458. The van der Waals surface area contributed by atoms with Gasteiger partial charge in [0.1, 0.15) is 6.04 Å². The van der Waals surface area contributed by atoms with E-state index in [9.17, 15) is 9.90 Å². The van der Waals surface area contributed by atoms with Gasteiger partial charge < -0.3 is 14.4 Å². The Hall–Kier alpha value is -1.47. The van der Waals surface area contributed by atoms with Gasteiger partial charge in [-0.1, -0.05) is 25.9 Å². The molecule has 2 heterocycles. The van der Waals surface area contributed by atoms with Crippen LogP contribution in [0.4, 0.5) is 0 Å². The van der Waals surface area contributed by atoms with Gasteiger partial charge in [0.2, 0.25) is 5.89 Å². The lowest BCUT2D eigenvalue weighted by atomic mass is 9.96. The van der Waals surface area contributed by atoms with E-state index >= 15 is 0 Å². The van der Waals surface area contributed by atoms with Crippen molar-refractivity contribution in [1.82, 2.24) is 15.0 Å². The van der Waals surface area contributed by atoms with Crippen molar-refractivity contribution in [2.24, 2.45) is 0 Å². The van der Waals surface area contributed by atoms with Crippen LogP contribution in [0.1, 0.15) is 38.9 Å². The van der Waals surface area contributed by atoms with Gasteiger partial charge in [-0.25, -0.2) is 0 Å². The van der Waals surface area contributed by atoms with Gasteiger partial charge in [0, 0.05) is 18.4 Å². The van der Waals surface area contributed by atoms with Crippen LogP contribution in [0.5, 0.6) is 0 Å². The number of aliphatic hydroxyl groups excluding tert-OH is 1. The van der Waals surface area contributed by atoms with Gasteiger partial charge in [-0.05, 0) is 0 Å². The van der Waals surface area contributed by atoms with Crippen LogP contribution in [-0.2, 0) is 21.5 Å². The van der Waals surface area contributed by atoms with E-state index in [0.717, 1.165) is 0 Å². The summed E-state index contributed by atoms with van der Waals surface area (Å²) in [6.07, 6.45) is -0.170. The molecule has 2 rings (SSSR count). The molecule has 112 valence electrons. The molecule has 0 aromatic carbocycles. The zero-order valence-electron chi connectivity index (χ0n) is 12.3. The number of ether oxygens (including phenoxy) is 1. The maximum absolute atomic E-state index is 11.7. The summed E-state index contributed by atoms with van der Waals surface area (Å²) in [5.41, 5.74) is -0.186. The third-order valence-corrected chi connectivity index (χ3v) is 3.33. The van der Waals surface area contributed by atoms with Gasteiger partial charge in [0.05, 0.1) is 19.8 Å². The Morgan fingerprint density at radius 2 is 2.25 bits per heavy atom. The molecule has 2 unspecified atom stereocenters. The lowest BCUT2D eigenvalue weighted by Crippen LogP contribution is -2.36. The van der Waals surface area contributed by atoms with Crippen LogP contribution in [0.3, 0.4) is 0 Å². The molecule has 1 aromatic rings. The molecule has 0 amide bonds. The Labute approximate surface area is 117 Å². The third kappa shape index (κ3) is 3.16. The van der Waals surface area contributed by atoms with E-state index in [1.165, 1.54) is 7.11 Å². The highest BCUT2D eigenvalue weighted by molar-refractivity contribution is 5.76. The van der Waals surface area contributed by atoms with Crippen molar-refractivity contribution in [1.29, 1.82) is 0 Å². The quantitative estimate of drug-likeness (QED) is 0.807.